The summed E-state index contributed by atoms with van der Waals surface area (Å²) in [7, 11) is -4.08. The quantitative estimate of drug-likeness (QED) is 0.403. The first-order valence-electron chi connectivity index (χ1n) is 12.7. The van der Waals surface area contributed by atoms with Crippen LogP contribution in [-0.2, 0) is 14.8 Å². The van der Waals surface area contributed by atoms with Crippen LogP contribution >= 0.6 is 11.6 Å². The van der Waals surface area contributed by atoms with E-state index in [2.05, 4.69) is 9.64 Å². The monoisotopic (exact) mass is 593 g/mol. The molecule has 0 radical (unpaired) electrons. The van der Waals surface area contributed by atoms with Crippen molar-refractivity contribution in [2.24, 2.45) is 5.92 Å². The predicted molar refractivity (Wildman–Crippen MR) is 145 cm³/mol. The number of rotatable bonds is 6. The maximum atomic E-state index is 13.8. The molecule has 0 bridgehead atoms. The summed E-state index contributed by atoms with van der Waals surface area (Å²) in [6.45, 7) is 2.15. The molecule has 2 saturated heterocycles. The number of benzene rings is 3. The Balaban J connectivity index is 1.34. The second-order valence-electron chi connectivity index (χ2n) is 9.73. The Bertz CT molecular complexity index is 1450. The van der Waals surface area contributed by atoms with Gasteiger partial charge in [-0.3, -0.25) is 4.79 Å². The van der Waals surface area contributed by atoms with Crippen molar-refractivity contribution >= 4 is 33.2 Å². The van der Waals surface area contributed by atoms with Crippen LogP contribution in [0.25, 0.3) is 0 Å². The highest BCUT2D eigenvalue weighted by atomic mass is 35.5. The number of anilines is 1. The molecular formula is C28H27ClF3N3O4S. The van der Waals surface area contributed by atoms with E-state index in [1.807, 2.05) is 54.6 Å². The lowest BCUT2D eigenvalue weighted by molar-refractivity contribution is -0.274. The molecule has 2 atom stereocenters. The highest BCUT2D eigenvalue weighted by Gasteiger charge is 2.45. The van der Waals surface area contributed by atoms with Crippen LogP contribution in [0.15, 0.2) is 83.8 Å². The van der Waals surface area contributed by atoms with Crippen molar-refractivity contribution in [3.05, 3.63) is 89.4 Å². The molecule has 212 valence electrons. The smallest absolute Gasteiger partial charge is 0.406 e. The third-order valence-electron chi connectivity index (χ3n) is 7.31. The van der Waals surface area contributed by atoms with E-state index in [-0.39, 0.29) is 29.8 Å². The van der Waals surface area contributed by atoms with Gasteiger partial charge in [-0.25, -0.2) is 8.42 Å². The fraction of sp³-hybridized carbons (Fsp3) is 0.321. The Morgan fingerprint density at radius 2 is 1.48 bits per heavy atom. The summed E-state index contributed by atoms with van der Waals surface area (Å²) >= 11 is 6.35. The second-order valence-corrected chi connectivity index (χ2v) is 12.1. The number of para-hydroxylation sites is 1. The minimum atomic E-state index is -4.88. The number of carbonyl (C=O) groups is 1. The highest BCUT2D eigenvalue weighted by molar-refractivity contribution is 7.89. The van der Waals surface area contributed by atoms with Crippen LogP contribution in [0.5, 0.6) is 5.75 Å². The second kappa shape index (κ2) is 11.3. The number of alkyl halides is 3. The van der Waals surface area contributed by atoms with E-state index in [9.17, 15) is 26.4 Å². The summed E-state index contributed by atoms with van der Waals surface area (Å²) in [4.78, 5) is 17.5. The van der Waals surface area contributed by atoms with Crippen LogP contribution in [0.1, 0.15) is 11.5 Å². The van der Waals surface area contributed by atoms with Gasteiger partial charge in [0.25, 0.3) is 0 Å². The maximum absolute atomic E-state index is 13.8. The molecule has 0 spiro atoms. The lowest BCUT2D eigenvalue weighted by Crippen LogP contribution is -2.51. The highest BCUT2D eigenvalue weighted by Crippen LogP contribution is 2.38. The molecule has 1 amide bonds. The van der Waals surface area contributed by atoms with Crippen molar-refractivity contribution in [3.8, 4) is 5.75 Å². The molecule has 2 aliphatic heterocycles. The molecule has 0 saturated carbocycles. The Morgan fingerprint density at radius 3 is 2.10 bits per heavy atom. The number of ether oxygens (including phenoxy) is 1. The molecule has 2 unspecified atom stereocenters. The largest absolute Gasteiger partial charge is 0.573 e. The molecule has 3 aromatic rings. The minimum Gasteiger partial charge on any atom is -0.406 e. The summed E-state index contributed by atoms with van der Waals surface area (Å²) in [5, 5.41) is 0.640. The fourth-order valence-corrected chi connectivity index (χ4v) is 7.07. The Kier molecular flexibility index (Phi) is 7.98. The van der Waals surface area contributed by atoms with E-state index in [0.29, 0.717) is 31.2 Å². The Labute approximate surface area is 235 Å². The van der Waals surface area contributed by atoms with Gasteiger partial charge in [0, 0.05) is 45.2 Å². The predicted octanol–water partition coefficient (Wildman–Crippen LogP) is 4.99. The molecule has 3 aromatic carbocycles. The number of hydrogen-bond donors (Lipinski definition) is 0. The van der Waals surface area contributed by atoms with Gasteiger partial charge in [-0.15, -0.1) is 13.2 Å². The van der Waals surface area contributed by atoms with Crippen molar-refractivity contribution in [3.63, 3.8) is 0 Å². The molecule has 2 heterocycles. The molecule has 7 nitrogen and oxygen atoms in total. The van der Waals surface area contributed by atoms with Crippen LogP contribution in [0.3, 0.4) is 0 Å². The van der Waals surface area contributed by atoms with E-state index in [0.717, 1.165) is 35.5 Å². The molecule has 12 heteroatoms. The minimum absolute atomic E-state index is 0.0355. The number of sulfonamides is 1. The van der Waals surface area contributed by atoms with Gasteiger partial charge in [0.05, 0.1) is 21.5 Å². The van der Waals surface area contributed by atoms with E-state index < -0.39 is 28.1 Å². The van der Waals surface area contributed by atoms with Gasteiger partial charge in [-0.1, -0.05) is 54.1 Å². The van der Waals surface area contributed by atoms with Gasteiger partial charge in [0.1, 0.15) is 5.75 Å². The van der Waals surface area contributed by atoms with Crippen molar-refractivity contribution in [2.45, 2.75) is 17.2 Å². The molecule has 2 fully saturated rings. The zero-order chi connectivity index (χ0) is 28.5. The van der Waals surface area contributed by atoms with Gasteiger partial charge in [-0.05, 0) is 42.0 Å². The molecule has 0 aliphatic carbocycles. The third-order valence-corrected chi connectivity index (χ3v) is 9.48. The molecule has 0 aromatic heterocycles. The maximum Gasteiger partial charge on any atom is 0.573 e. The number of hydrogen-bond acceptors (Lipinski definition) is 5. The lowest BCUT2D eigenvalue weighted by atomic mass is 9.88. The first-order chi connectivity index (χ1) is 19.0. The van der Waals surface area contributed by atoms with Gasteiger partial charge in [0.2, 0.25) is 15.9 Å². The summed E-state index contributed by atoms with van der Waals surface area (Å²) in [6, 6.07) is 20.9. The average Bonchev–Trinajstić information content (AvgIpc) is 3.40. The molecular weight excluding hydrogens is 567 g/mol. The van der Waals surface area contributed by atoms with E-state index in [4.69, 9.17) is 11.6 Å². The SMILES string of the molecule is O=C(C1CN(S(=O)(=O)c2ccc(OC(F)(F)F)cc2)CC1c1ccccc1)N1CCN(c2ccccc2Cl)CC1. The zero-order valence-electron chi connectivity index (χ0n) is 21.3. The van der Waals surface area contributed by atoms with Crippen molar-refractivity contribution in [2.75, 3.05) is 44.2 Å². The third kappa shape index (κ3) is 6.06. The van der Waals surface area contributed by atoms with Crippen LogP contribution in [0.2, 0.25) is 5.02 Å². The van der Waals surface area contributed by atoms with Crippen LogP contribution < -0.4 is 9.64 Å². The fourth-order valence-electron chi connectivity index (χ4n) is 5.32. The number of nitrogens with zero attached hydrogens (tertiary/aromatic N) is 3. The van der Waals surface area contributed by atoms with E-state index >= 15 is 0 Å². The molecule has 2 aliphatic rings. The van der Waals surface area contributed by atoms with Crippen molar-refractivity contribution in [1.82, 2.24) is 9.21 Å². The topological polar surface area (TPSA) is 70.2 Å². The normalized spacial score (nSPS) is 20.5. The van der Waals surface area contributed by atoms with Crippen LogP contribution in [0.4, 0.5) is 18.9 Å². The molecule has 0 N–H and O–H groups in total. The van der Waals surface area contributed by atoms with Crippen LogP contribution in [0, 0.1) is 5.92 Å². The summed E-state index contributed by atoms with van der Waals surface area (Å²) in [5.41, 5.74) is 1.75. The number of piperazine rings is 1. The number of halogens is 4. The molecule has 40 heavy (non-hydrogen) atoms. The zero-order valence-corrected chi connectivity index (χ0v) is 22.9. The lowest BCUT2D eigenvalue weighted by Gasteiger charge is -2.38. The van der Waals surface area contributed by atoms with E-state index in [1.165, 1.54) is 4.31 Å². The van der Waals surface area contributed by atoms with E-state index in [1.54, 1.807) is 4.90 Å². The van der Waals surface area contributed by atoms with Gasteiger partial charge in [-0.2, -0.15) is 4.31 Å². The first kappa shape index (κ1) is 28.3. The number of amides is 1. The Hall–Kier alpha value is -3.28. The molecule has 5 rings (SSSR count). The number of carbonyl (C=O) groups excluding carboxylic acids is 1. The first-order valence-corrected chi connectivity index (χ1v) is 14.5. The summed E-state index contributed by atoms with van der Waals surface area (Å²) in [6.07, 6.45) is -4.88. The summed E-state index contributed by atoms with van der Waals surface area (Å²) < 4.78 is 69.7. The standard InChI is InChI=1S/C28H27ClF3N3O4S/c29-25-8-4-5-9-26(25)33-14-16-34(17-15-33)27(36)24-19-35(18-23(24)20-6-2-1-3-7-20)40(37,38)22-12-10-21(11-13-22)39-28(30,31)32/h1-13,23-24H,14-19H2. The summed E-state index contributed by atoms with van der Waals surface area (Å²) in [5.74, 6) is -1.63. The van der Waals surface area contributed by atoms with Gasteiger partial charge >= 0.3 is 6.36 Å². The van der Waals surface area contributed by atoms with Crippen molar-refractivity contribution < 1.29 is 31.1 Å². The van der Waals surface area contributed by atoms with Crippen molar-refractivity contribution in [1.29, 1.82) is 0 Å². The average molecular weight is 594 g/mol. The van der Waals surface area contributed by atoms with Gasteiger partial charge in [0.15, 0.2) is 0 Å². The van der Waals surface area contributed by atoms with Gasteiger partial charge < -0.3 is 14.5 Å². The van der Waals surface area contributed by atoms with Crippen LogP contribution in [-0.4, -0.2) is 69.2 Å². The Morgan fingerprint density at radius 1 is 0.850 bits per heavy atom.